The van der Waals surface area contributed by atoms with E-state index in [1.54, 1.807) is 7.05 Å². The Balaban J connectivity index is 2.92. The first-order valence-corrected chi connectivity index (χ1v) is 5.60. The number of carbonyl (C=O) groups is 1. The van der Waals surface area contributed by atoms with E-state index in [1.807, 2.05) is 0 Å². The molecule has 86 valence electrons. The minimum Gasteiger partial charge on any atom is -0.392 e. The Morgan fingerprint density at radius 1 is 1.62 bits per heavy atom. The van der Waals surface area contributed by atoms with Crippen LogP contribution in [0.25, 0.3) is 0 Å². The molecule has 0 radical (unpaired) electrons. The minimum absolute atomic E-state index is 0.192. The van der Waals surface area contributed by atoms with Gasteiger partial charge in [-0.15, -0.1) is 0 Å². The molecule has 0 aliphatic rings. The number of thiocarbonyl (C=S) groups is 1. The van der Waals surface area contributed by atoms with E-state index in [9.17, 15) is 9.18 Å². The highest BCUT2D eigenvalue weighted by atomic mass is 79.9. The Kier molecular flexibility index (Phi) is 4.37. The standard InChI is InChI=1S/C10H10BrFN2OS/c1-14(5-9(13)16)10(15)7-3-2-6(12)4-8(7)11/h2-4H,5H2,1H3,(H2,13,16). The van der Waals surface area contributed by atoms with Gasteiger partial charge in [0, 0.05) is 11.5 Å². The topological polar surface area (TPSA) is 46.3 Å². The lowest BCUT2D eigenvalue weighted by Gasteiger charge is -2.16. The normalized spacial score (nSPS) is 9.94. The fraction of sp³-hybridized carbons (Fsp3) is 0.200. The molecule has 0 unspecified atom stereocenters. The zero-order chi connectivity index (χ0) is 12.3. The molecular formula is C10H10BrFN2OS. The van der Waals surface area contributed by atoms with Crippen molar-refractivity contribution < 1.29 is 9.18 Å². The second-order valence-electron chi connectivity index (χ2n) is 3.25. The van der Waals surface area contributed by atoms with Crippen LogP contribution in [0.5, 0.6) is 0 Å². The van der Waals surface area contributed by atoms with E-state index < -0.39 is 5.82 Å². The fourth-order valence-electron chi connectivity index (χ4n) is 1.17. The number of rotatable bonds is 3. The monoisotopic (exact) mass is 304 g/mol. The van der Waals surface area contributed by atoms with Gasteiger partial charge in [-0.1, -0.05) is 12.2 Å². The van der Waals surface area contributed by atoms with Gasteiger partial charge in [-0.2, -0.15) is 0 Å². The molecule has 1 amide bonds. The van der Waals surface area contributed by atoms with Crippen LogP contribution in [0.1, 0.15) is 10.4 Å². The third-order valence-corrected chi connectivity index (χ3v) is 2.69. The third-order valence-electron chi connectivity index (χ3n) is 1.90. The van der Waals surface area contributed by atoms with E-state index in [1.165, 1.54) is 23.1 Å². The average molecular weight is 305 g/mol. The summed E-state index contributed by atoms with van der Waals surface area (Å²) < 4.78 is 13.2. The van der Waals surface area contributed by atoms with Gasteiger partial charge in [-0.05, 0) is 34.1 Å². The highest BCUT2D eigenvalue weighted by molar-refractivity contribution is 9.10. The molecule has 0 spiro atoms. The summed E-state index contributed by atoms with van der Waals surface area (Å²) in [6.07, 6.45) is 0. The first-order valence-electron chi connectivity index (χ1n) is 4.40. The van der Waals surface area contributed by atoms with Crippen LogP contribution in [0.3, 0.4) is 0 Å². The Bertz CT molecular complexity index is 439. The molecule has 0 atom stereocenters. The summed E-state index contributed by atoms with van der Waals surface area (Å²) in [5.74, 6) is -0.667. The molecule has 0 fully saturated rings. The summed E-state index contributed by atoms with van der Waals surface area (Å²) in [6.45, 7) is 0.192. The quantitative estimate of drug-likeness (QED) is 0.868. The van der Waals surface area contributed by atoms with E-state index >= 15 is 0 Å². The number of hydrogen-bond acceptors (Lipinski definition) is 2. The second kappa shape index (κ2) is 5.36. The van der Waals surface area contributed by atoms with Crippen molar-refractivity contribution in [2.45, 2.75) is 0 Å². The summed E-state index contributed by atoms with van der Waals surface area (Å²) in [4.78, 5) is 13.5. The summed E-state index contributed by atoms with van der Waals surface area (Å²) >= 11 is 7.84. The Morgan fingerprint density at radius 3 is 2.75 bits per heavy atom. The zero-order valence-corrected chi connectivity index (χ0v) is 10.9. The van der Waals surface area contributed by atoms with E-state index in [4.69, 9.17) is 18.0 Å². The van der Waals surface area contributed by atoms with Crippen LogP contribution in [0, 0.1) is 5.82 Å². The van der Waals surface area contributed by atoms with E-state index in [2.05, 4.69) is 15.9 Å². The number of nitrogens with zero attached hydrogens (tertiary/aromatic N) is 1. The number of hydrogen-bond donors (Lipinski definition) is 1. The van der Waals surface area contributed by atoms with Crippen molar-refractivity contribution in [3.63, 3.8) is 0 Å². The molecule has 0 heterocycles. The van der Waals surface area contributed by atoms with Crippen LogP contribution >= 0.6 is 28.1 Å². The maximum Gasteiger partial charge on any atom is 0.255 e. The van der Waals surface area contributed by atoms with Crippen molar-refractivity contribution in [1.29, 1.82) is 0 Å². The SMILES string of the molecule is CN(CC(N)=S)C(=O)c1ccc(F)cc1Br. The maximum atomic E-state index is 12.8. The smallest absolute Gasteiger partial charge is 0.255 e. The van der Waals surface area contributed by atoms with Crippen LogP contribution < -0.4 is 5.73 Å². The van der Waals surface area contributed by atoms with Gasteiger partial charge in [0.25, 0.3) is 5.91 Å². The highest BCUT2D eigenvalue weighted by Gasteiger charge is 2.15. The number of halogens is 2. The maximum absolute atomic E-state index is 12.8. The molecule has 16 heavy (non-hydrogen) atoms. The van der Waals surface area contributed by atoms with Gasteiger partial charge >= 0.3 is 0 Å². The first kappa shape index (κ1) is 13.1. The van der Waals surface area contributed by atoms with Crippen molar-refractivity contribution in [2.75, 3.05) is 13.6 Å². The molecule has 1 rings (SSSR count). The molecule has 2 N–H and O–H groups in total. The molecule has 0 saturated heterocycles. The van der Waals surface area contributed by atoms with Crippen LogP contribution in [0.4, 0.5) is 4.39 Å². The predicted molar refractivity (Wildman–Crippen MR) is 67.8 cm³/mol. The Hall–Kier alpha value is -1.01. The van der Waals surface area contributed by atoms with Crippen molar-refractivity contribution in [3.05, 3.63) is 34.1 Å². The van der Waals surface area contributed by atoms with E-state index in [-0.39, 0.29) is 17.4 Å². The molecule has 0 saturated carbocycles. The molecule has 1 aromatic rings. The van der Waals surface area contributed by atoms with Gasteiger partial charge < -0.3 is 10.6 Å². The number of nitrogens with two attached hydrogens (primary N) is 1. The number of likely N-dealkylation sites (N-methyl/N-ethyl adjacent to an activating group) is 1. The third kappa shape index (κ3) is 3.24. The molecule has 1 aromatic carbocycles. The number of benzene rings is 1. The van der Waals surface area contributed by atoms with Gasteiger partial charge in [0.1, 0.15) is 5.82 Å². The van der Waals surface area contributed by atoms with E-state index in [0.717, 1.165) is 0 Å². The lowest BCUT2D eigenvalue weighted by molar-refractivity contribution is 0.0814. The van der Waals surface area contributed by atoms with Gasteiger partial charge in [-0.3, -0.25) is 4.79 Å². The second-order valence-corrected chi connectivity index (χ2v) is 4.63. The first-order chi connectivity index (χ1) is 7.41. The van der Waals surface area contributed by atoms with Crippen LogP contribution in [-0.4, -0.2) is 29.4 Å². The van der Waals surface area contributed by atoms with Crippen molar-refractivity contribution in [2.24, 2.45) is 5.73 Å². The zero-order valence-electron chi connectivity index (χ0n) is 8.54. The van der Waals surface area contributed by atoms with E-state index in [0.29, 0.717) is 10.0 Å². The highest BCUT2D eigenvalue weighted by Crippen LogP contribution is 2.19. The van der Waals surface area contributed by atoms with Gasteiger partial charge in [0.05, 0.1) is 17.1 Å². The number of carbonyl (C=O) groups excluding carboxylic acids is 1. The lowest BCUT2D eigenvalue weighted by Crippen LogP contribution is -2.34. The van der Waals surface area contributed by atoms with Crippen LogP contribution in [0.2, 0.25) is 0 Å². The van der Waals surface area contributed by atoms with Crippen molar-refractivity contribution >= 4 is 39.0 Å². The molecule has 0 aromatic heterocycles. The molecular weight excluding hydrogens is 295 g/mol. The van der Waals surface area contributed by atoms with Gasteiger partial charge in [0.2, 0.25) is 0 Å². The van der Waals surface area contributed by atoms with Crippen LogP contribution in [-0.2, 0) is 0 Å². The summed E-state index contributed by atoms with van der Waals surface area (Å²) in [5, 5.41) is 0. The largest absolute Gasteiger partial charge is 0.392 e. The molecule has 6 heteroatoms. The van der Waals surface area contributed by atoms with Gasteiger partial charge in [-0.25, -0.2) is 4.39 Å². The minimum atomic E-state index is -0.402. The average Bonchev–Trinajstić information content (AvgIpc) is 2.15. The van der Waals surface area contributed by atoms with Crippen molar-refractivity contribution in [3.8, 4) is 0 Å². The summed E-state index contributed by atoms with van der Waals surface area (Å²) in [7, 11) is 1.58. The fourth-order valence-corrected chi connectivity index (χ4v) is 1.89. The molecule has 0 aliphatic heterocycles. The van der Waals surface area contributed by atoms with Gasteiger partial charge in [0.15, 0.2) is 0 Å². The summed E-state index contributed by atoms with van der Waals surface area (Å²) in [6, 6.07) is 3.88. The van der Waals surface area contributed by atoms with Crippen molar-refractivity contribution in [1.82, 2.24) is 4.90 Å². The molecule has 0 aliphatic carbocycles. The summed E-state index contributed by atoms with van der Waals surface area (Å²) in [5.41, 5.74) is 5.71. The molecule has 3 nitrogen and oxygen atoms in total. The Labute approximate surface area is 107 Å². The number of amides is 1. The predicted octanol–water partition coefficient (Wildman–Crippen LogP) is 1.95. The molecule has 0 bridgehead atoms. The van der Waals surface area contributed by atoms with Crippen LogP contribution in [0.15, 0.2) is 22.7 Å². The lowest BCUT2D eigenvalue weighted by atomic mass is 10.2. The Morgan fingerprint density at radius 2 is 2.25 bits per heavy atom.